The standard InChI is InChI=1S/C19H25NO/c1-13-3-5-15(6-4-13)8-10-19(21)20-14(2)18-12-16-7-9-17(18)11-16/h3-6,8,10,14,16-18H,7,9,11-12H2,1-2H3,(H,20,21)/b10-8+. The van der Waals surface area contributed by atoms with Gasteiger partial charge in [-0.05, 0) is 62.5 Å². The smallest absolute Gasteiger partial charge is 0.244 e. The SMILES string of the molecule is Cc1ccc(/C=C/C(=O)NC(C)C2CC3CCC2C3)cc1. The van der Waals surface area contributed by atoms with Crippen molar-refractivity contribution < 1.29 is 4.79 Å². The monoisotopic (exact) mass is 283 g/mol. The van der Waals surface area contributed by atoms with E-state index >= 15 is 0 Å². The van der Waals surface area contributed by atoms with Crippen LogP contribution in [-0.4, -0.2) is 11.9 Å². The number of carbonyl (C=O) groups is 1. The van der Waals surface area contributed by atoms with Crippen molar-refractivity contribution >= 4 is 12.0 Å². The third-order valence-corrected chi connectivity index (χ3v) is 5.31. The fourth-order valence-electron chi connectivity index (χ4n) is 4.14. The van der Waals surface area contributed by atoms with E-state index in [1.54, 1.807) is 6.08 Å². The van der Waals surface area contributed by atoms with Gasteiger partial charge < -0.3 is 5.32 Å². The van der Waals surface area contributed by atoms with Gasteiger partial charge in [0, 0.05) is 12.1 Å². The quantitative estimate of drug-likeness (QED) is 0.833. The van der Waals surface area contributed by atoms with Crippen LogP contribution in [0.5, 0.6) is 0 Å². The van der Waals surface area contributed by atoms with Gasteiger partial charge in [-0.1, -0.05) is 36.2 Å². The van der Waals surface area contributed by atoms with Crippen LogP contribution in [0.1, 0.15) is 43.7 Å². The van der Waals surface area contributed by atoms with Crippen molar-refractivity contribution in [2.75, 3.05) is 0 Å². The summed E-state index contributed by atoms with van der Waals surface area (Å²) >= 11 is 0. The van der Waals surface area contributed by atoms with Gasteiger partial charge in [0.25, 0.3) is 0 Å². The maximum Gasteiger partial charge on any atom is 0.244 e. The highest BCUT2D eigenvalue weighted by Gasteiger charge is 2.41. The van der Waals surface area contributed by atoms with Gasteiger partial charge in [0.15, 0.2) is 0 Å². The fraction of sp³-hybridized carbons (Fsp3) is 0.526. The topological polar surface area (TPSA) is 29.1 Å². The Morgan fingerprint density at radius 2 is 2.00 bits per heavy atom. The molecule has 2 aliphatic carbocycles. The molecule has 0 spiro atoms. The van der Waals surface area contributed by atoms with E-state index < -0.39 is 0 Å². The average Bonchev–Trinajstić information content (AvgIpc) is 3.09. The van der Waals surface area contributed by atoms with Gasteiger partial charge in [-0.15, -0.1) is 0 Å². The Bertz CT molecular complexity index is 531. The van der Waals surface area contributed by atoms with E-state index in [-0.39, 0.29) is 5.91 Å². The summed E-state index contributed by atoms with van der Waals surface area (Å²) in [6.45, 7) is 4.24. The minimum absolute atomic E-state index is 0.0332. The van der Waals surface area contributed by atoms with Crippen molar-refractivity contribution in [1.82, 2.24) is 5.32 Å². The van der Waals surface area contributed by atoms with Crippen LogP contribution in [-0.2, 0) is 4.79 Å². The summed E-state index contributed by atoms with van der Waals surface area (Å²) in [7, 11) is 0. The second kappa shape index (κ2) is 6.05. The Balaban J connectivity index is 1.53. The summed E-state index contributed by atoms with van der Waals surface area (Å²) in [6.07, 6.45) is 9.04. The zero-order chi connectivity index (χ0) is 14.8. The molecule has 1 N–H and O–H groups in total. The van der Waals surface area contributed by atoms with Gasteiger partial charge in [0.1, 0.15) is 0 Å². The number of aryl methyl sites for hydroxylation is 1. The molecule has 2 bridgehead atoms. The van der Waals surface area contributed by atoms with E-state index in [9.17, 15) is 4.79 Å². The molecule has 1 amide bonds. The summed E-state index contributed by atoms with van der Waals surface area (Å²) in [6, 6.07) is 8.51. The van der Waals surface area contributed by atoms with Gasteiger partial charge in [-0.2, -0.15) is 0 Å². The number of hydrogen-bond acceptors (Lipinski definition) is 1. The van der Waals surface area contributed by atoms with Crippen LogP contribution in [0.4, 0.5) is 0 Å². The van der Waals surface area contributed by atoms with Gasteiger partial charge in [-0.3, -0.25) is 4.79 Å². The van der Waals surface area contributed by atoms with E-state index in [4.69, 9.17) is 0 Å². The van der Waals surface area contributed by atoms with E-state index in [0.29, 0.717) is 12.0 Å². The number of amides is 1. The van der Waals surface area contributed by atoms with E-state index in [2.05, 4.69) is 31.3 Å². The molecule has 0 aromatic heterocycles. The van der Waals surface area contributed by atoms with Gasteiger partial charge in [0.2, 0.25) is 5.91 Å². The molecule has 112 valence electrons. The molecule has 2 aliphatic rings. The number of rotatable bonds is 4. The molecule has 2 nitrogen and oxygen atoms in total. The first-order valence-corrected chi connectivity index (χ1v) is 8.17. The van der Waals surface area contributed by atoms with Gasteiger partial charge >= 0.3 is 0 Å². The molecule has 3 rings (SSSR count). The molecule has 1 aromatic carbocycles. The molecule has 4 atom stereocenters. The molecular weight excluding hydrogens is 258 g/mol. The lowest BCUT2D eigenvalue weighted by atomic mass is 9.84. The van der Waals surface area contributed by atoms with Crippen LogP contribution >= 0.6 is 0 Å². The van der Waals surface area contributed by atoms with Gasteiger partial charge in [-0.25, -0.2) is 0 Å². The molecule has 21 heavy (non-hydrogen) atoms. The molecule has 0 saturated heterocycles. The van der Waals surface area contributed by atoms with Crippen LogP contribution in [0.25, 0.3) is 6.08 Å². The minimum atomic E-state index is 0.0332. The van der Waals surface area contributed by atoms with Crippen molar-refractivity contribution in [3.63, 3.8) is 0 Å². The number of carbonyl (C=O) groups excluding carboxylic acids is 1. The zero-order valence-electron chi connectivity index (χ0n) is 13.0. The first-order valence-electron chi connectivity index (χ1n) is 8.17. The molecule has 1 aromatic rings. The number of benzene rings is 1. The zero-order valence-corrected chi connectivity index (χ0v) is 13.0. The molecule has 0 radical (unpaired) electrons. The largest absolute Gasteiger partial charge is 0.350 e. The first kappa shape index (κ1) is 14.4. The summed E-state index contributed by atoms with van der Waals surface area (Å²) in [5.74, 6) is 2.51. The van der Waals surface area contributed by atoms with Crippen LogP contribution < -0.4 is 5.32 Å². The highest BCUT2D eigenvalue weighted by Crippen LogP contribution is 2.49. The van der Waals surface area contributed by atoms with Crippen molar-refractivity contribution in [1.29, 1.82) is 0 Å². The third kappa shape index (κ3) is 3.37. The molecule has 2 saturated carbocycles. The van der Waals surface area contributed by atoms with Crippen LogP contribution in [0.2, 0.25) is 0 Å². The van der Waals surface area contributed by atoms with E-state index in [1.165, 1.54) is 31.2 Å². The molecule has 2 heteroatoms. The highest BCUT2D eigenvalue weighted by atomic mass is 16.1. The Morgan fingerprint density at radius 3 is 2.62 bits per heavy atom. The molecule has 4 unspecified atom stereocenters. The Labute approximate surface area is 127 Å². The lowest BCUT2D eigenvalue weighted by Gasteiger charge is -2.28. The molecular formula is C19H25NO. The highest BCUT2D eigenvalue weighted by molar-refractivity contribution is 5.91. The van der Waals surface area contributed by atoms with E-state index in [1.807, 2.05) is 18.2 Å². The Kier molecular flexibility index (Phi) is 4.14. The Hall–Kier alpha value is -1.57. The predicted molar refractivity (Wildman–Crippen MR) is 86.8 cm³/mol. The van der Waals surface area contributed by atoms with Crippen LogP contribution in [0.3, 0.4) is 0 Å². The molecule has 0 heterocycles. The van der Waals surface area contributed by atoms with Crippen molar-refractivity contribution in [2.24, 2.45) is 17.8 Å². The normalized spacial score (nSPS) is 29.0. The summed E-state index contributed by atoms with van der Waals surface area (Å²) in [5.41, 5.74) is 2.31. The van der Waals surface area contributed by atoms with Crippen molar-refractivity contribution in [3.8, 4) is 0 Å². The van der Waals surface area contributed by atoms with E-state index in [0.717, 1.165) is 17.4 Å². The minimum Gasteiger partial charge on any atom is -0.350 e. The van der Waals surface area contributed by atoms with Crippen molar-refractivity contribution in [2.45, 2.75) is 45.6 Å². The summed E-state index contributed by atoms with van der Waals surface area (Å²) < 4.78 is 0. The van der Waals surface area contributed by atoms with Crippen molar-refractivity contribution in [3.05, 3.63) is 41.5 Å². The number of fused-ring (bicyclic) bond motifs is 2. The fourth-order valence-corrected chi connectivity index (χ4v) is 4.14. The predicted octanol–water partition coefficient (Wildman–Crippen LogP) is 3.95. The van der Waals surface area contributed by atoms with Gasteiger partial charge in [0.05, 0.1) is 0 Å². The number of hydrogen-bond donors (Lipinski definition) is 1. The summed E-state index contributed by atoms with van der Waals surface area (Å²) in [5, 5.41) is 3.16. The number of nitrogens with one attached hydrogen (secondary N) is 1. The maximum atomic E-state index is 12.1. The third-order valence-electron chi connectivity index (χ3n) is 5.31. The molecule has 2 fully saturated rings. The average molecular weight is 283 g/mol. The second-order valence-corrected chi connectivity index (χ2v) is 6.88. The first-order chi connectivity index (χ1) is 10.1. The lowest BCUT2D eigenvalue weighted by molar-refractivity contribution is -0.117. The maximum absolute atomic E-state index is 12.1. The second-order valence-electron chi connectivity index (χ2n) is 6.88. The Morgan fingerprint density at radius 1 is 1.24 bits per heavy atom. The van der Waals surface area contributed by atoms with Crippen LogP contribution in [0, 0.1) is 24.7 Å². The molecule has 0 aliphatic heterocycles. The lowest BCUT2D eigenvalue weighted by Crippen LogP contribution is -2.39. The van der Waals surface area contributed by atoms with Crippen LogP contribution in [0.15, 0.2) is 30.3 Å². The summed E-state index contributed by atoms with van der Waals surface area (Å²) in [4.78, 5) is 12.1.